The number of nitrogens with zero attached hydrogens (tertiary/aromatic N) is 2. The van der Waals surface area contributed by atoms with Crippen molar-refractivity contribution in [2.45, 2.75) is 25.9 Å². The number of rotatable bonds is 9. The molecule has 3 aromatic carbocycles. The van der Waals surface area contributed by atoms with Crippen molar-refractivity contribution in [3.63, 3.8) is 0 Å². The Morgan fingerprint density at radius 3 is 2.15 bits per heavy atom. The predicted octanol–water partition coefficient (Wildman–Crippen LogP) is 6.54. The molecule has 0 aliphatic heterocycles. The maximum atomic E-state index is 13.6. The van der Waals surface area contributed by atoms with Gasteiger partial charge in [0.05, 0.1) is 0 Å². The van der Waals surface area contributed by atoms with E-state index in [1.807, 2.05) is 65.6 Å². The number of carbonyl (C=O) groups is 1. The normalized spacial score (nSPS) is 11.4. The highest BCUT2D eigenvalue weighted by molar-refractivity contribution is 5.87. The summed E-state index contributed by atoms with van der Waals surface area (Å²) in [7, 11) is 0. The number of allylic oxidation sites excluding steroid dienone is 1. The van der Waals surface area contributed by atoms with Crippen molar-refractivity contribution < 1.29 is 4.79 Å². The summed E-state index contributed by atoms with van der Waals surface area (Å²) in [5.41, 5.74) is 5.91. The van der Waals surface area contributed by atoms with Gasteiger partial charge in [0.2, 0.25) is 5.91 Å². The molecule has 0 bridgehead atoms. The van der Waals surface area contributed by atoms with Gasteiger partial charge in [0.15, 0.2) is 0 Å². The van der Waals surface area contributed by atoms with Crippen LogP contribution in [0, 0.1) is 0 Å². The smallest absolute Gasteiger partial charge is 0.248 e. The van der Waals surface area contributed by atoms with Crippen LogP contribution in [-0.2, 0) is 11.3 Å². The van der Waals surface area contributed by atoms with Crippen LogP contribution >= 0.6 is 0 Å². The third-order valence-electron chi connectivity index (χ3n) is 5.82. The Kier molecular flexibility index (Phi) is 7.51. The van der Waals surface area contributed by atoms with Crippen LogP contribution in [0.25, 0.3) is 11.1 Å². The van der Waals surface area contributed by atoms with Gasteiger partial charge in [-0.15, -0.1) is 0 Å². The lowest BCUT2D eigenvalue weighted by Gasteiger charge is -2.34. The van der Waals surface area contributed by atoms with Gasteiger partial charge in [-0.3, -0.25) is 9.78 Å². The summed E-state index contributed by atoms with van der Waals surface area (Å²) in [6.45, 7) is 6.81. The van der Waals surface area contributed by atoms with E-state index in [4.69, 9.17) is 0 Å². The average Bonchev–Trinajstić information content (AvgIpc) is 2.91. The van der Waals surface area contributed by atoms with E-state index >= 15 is 0 Å². The van der Waals surface area contributed by atoms with Gasteiger partial charge in [0.25, 0.3) is 0 Å². The monoisotopic (exact) mass is 447 g/mol. The minimum atomic E-state index is -0.590. The number of aromatic nitrogens is 1. The summed E-state index contributed by atoms with van der Waals surface area (Å²) < 4.78 is 0. The van der Waals surface area contributed by atoms with Crippen LogP contribution in [0.15, 0.2) is 122 Å². The molecule has 0 aliphatic carbocycles. The molecule has 1 aromatic heterocycles. The Hall–Kier alpha value is -4.18. The first-order valence-corrected chi connectivity index (χ1v) is 11.5. The summed E-state index contributed by atoms with van der Waals surface area (Å²) in [6.07, 6.45) is 4.18. The van der Waals surface area contributed by atoms with Crippen LogP contribution in [0.5, 0.6) is 0 Å². The summed E-state index contributed by atoms with van der Waals surface area (Å²) in [5.74, 6) is -0.0985. The molecule has 1 unspecified atom stereocenters. The van der Waals surface area contributed by atoms with Crippen LogP contribution in [-0.4, -0.2) is 10.9 Å². The van der Waals surface area contributed by atoms with E-state index in [1.165, 1.54) is 0 Å². The zero-order chi connectivity index (χ0) is 23.8. The molecular weight excluding hydrogens is 418 g/mol. The molecule has 0 fully saturated rings. The number of nitrogens with one attached hydrogen (secondary N) is 1. The second-order valence-corrected chi connectivity index (χ2v) is 8.09. The molecular formula is C30H29N3O. The molecule has 0 saturated carbocycles. The minimum absolute atomic E-state index is 0.0985. The standard InChI is InChI=1S/C30H29N3O/c1-3-23(2)33(28-18-16-26(17-19-28)25-13-8-5-9-14-25)29(27-15-10-20-31-22-27)30(34)32-21-24-11-6-4-7-12-24/h4-20,22,29H,2-3,21H2,1H3,(H,32,34). The molecule has 170 valence electrons. The van der Waals surface area contributed by atoms with Crippen LogP contribution < -0.4 is 10.2 Å². The molecule has 1 N–H and O–H groups in total. The van der Waals surface area contributed by atoms with Crippen LogP contribution in [0.2, 0.25) is 0 Å². The molecule has 4 aromatic rings. The molecule has 1 amide bonds. The fourth-order valence-corrected chi connectivity index (χ4v) is 3.97. The molecule has 0 spiro atoms. The first kappa shape index (κ1) is 23.0. The fraction of sp³-hybridized carbons (Fsp3) is 0.133. The summed E-state index contributed by atoms with van der Waals surface area (Å²) in [5, 5.41) is 3.11. The SMILES string of the molecule is C=C(CC)N(c1ccc(-c2ccccc2)cc1)C(C(=O)NCc1ccccc1)c1cccnc1. The van der Waals surface area contributed by atoms with Gasteiger partial charge in [0.1, 0.15) is 6.04 Å². The number of benzene rings is 3. The van der Waals surface area contributed by atoms with Gasteiger partial charge < -0.3 is 10.2 Å². The van der Waals surface area contributed by atoms with E-state index in [2.05, 4.69) is 60.2 Å². The van der Waals surface area contributed by atoms with E-state index in [1.54, 1.807) is 12.4 Å². The highest BCUT2D eigenvalue weighted by Crippen LogP contribution is 2.33. The lowest BCUT2D eigenvalue weighted by molar-refractivity contribution is -0.122. The van der Waals surface area contributed by atoms with Gasteiger partial charge in [-0.2, -0.15) is 0 Å². The third kappa shape index (κ3) is 5.41. The fourth-order valence-electron chi connectivity index (χ4n) is 3.97. The van der Waals surface area contributed by atoms with Gasteiger partial charge in [-0.05, 0) is 41.3 Å². The number of pyridine rings is 1. The summed E-state index contributed by atoms with van der Waals surface area (Å²) in [4.78, 5) is 19.9. The molecule has 0 saturated heterocycles. The first-order valence-electron chi connectivity index (χ1n) is 11.5. The summed E-state index contributed by atoms with van der Waals surface area (Å²) >= 11 is 0. The van der Waals surface area contributed by atoms with E-state index < -0.39 is 6.04 Å². The topological polar surface area (TPSA) is 45.2 Å². The van der Waals surface area contributed by atoms with Crippen molar-refractivity contribution in [2.75, 3.05) is 4.90 Å². The molecule has 34 heavy (non-hydrogen) atoms. The first-order chi connectivity index (χ1) is 16.7. The van der Waals surface area contributed by atoms with Crippen molar-refractivity contribution in [1.82, 2.24) is 10.3 Å². The lowest BCUT2D eigenvalue weighted by atomic mass is 10.0. The van der Waals surface area contributed by atoms with E-state index in [9.17, 15) is 4.79 Å². The van der Waals surface area contributed by atoms with Crippen molar-refractivity contribution in [3.05, 3.63) is 133 Å². The lowest BCUT2D eigenvalue weighted by Crippen LogP contribution is -2.40. The Morgan fingerprint density at radius 2 is 1.53 bits per heavy atom. The quantitative estimate of drug-likeness (QED) is 0.317. The average molecular weight is 448 g/mol. The molecule has 1 heterocycles. The second-order valence-electron chi connectivity index (χ2n) is 8.09. The van der Waals surface area contributed by atoms with E-state index in [0.717, 1.165) is 33.6 Å². The van der Waals surface area contributed by atoms with E-state index in [-0.39, 0.29) is 5.91 Å². The number of carbonyl (C=O) groups excluding carboxylic acids is 1. The highest BCUT2D eigenvalue weighted by atomic mass is 16.2. The van der Waals surface area contributed by atoms with Gasteiger partial charge in [-0.1, -0.05) is 92.4 Å². The van der Waals surface area contributed by atoms with Gasteiger partial charge in [0, 0.05) is 35.9 Å². The maximum Gasteiger partial charge on any atom is 0.248 e. The largest absolute Gasteiger partial charge is 0.350 e. The third-order valence-corrected chi connectivity index (χ3v) is 5.82. The summed E-state index contributed by atoms with van der Waals surface area (Å²) in [6, 6.07) is 31.7. The molecule has 1 atom stereocenters. The molecule has 0 aliphatic rings. The zero-order valence-corrected chi connectivity index (χ0v) is 19.4. The van der Waals surface area contributed by atoms with Crippen LogP contribution in [0.4, 0.5) is 5.69 Å². The predicted molar refractivity (Wildman–Crippen MR) is 139 cm³/mol. The zero-order valence-electron chi connectivity index (χ0n) is 19.4. The number of anilines is 1. The minimum Gasteiger partial charge on any atom is -0.350 e. The highest BCUT2D eigenvalue weighted by Gasteiger charge is 2.29. The van der Waals surface area contributed by atoms with Crippen molar-refractivity contribution in [3.8, 4) is 11.1 Å². The van der Waals surface area contributed by atoms with Gasteiger partial charge >= 0.3 is 0 Å². The maximum absolute atomic E-state index is 13.6. The molecule has 4 heteroatoms. The Labute approximate surface area is 201 Å². The Morgan fingerprint density at radius 1 is 0.882 bits per heavy atom. The number of hydrogen-bond donors (Lipinski definition) is 1. The molecule has 0 radical (unpaired) electrons. The Bertz CT molecular complexity index is 1210. The Balaban J connectivity index is 1.68. The second kappa shape index (κ2) is 11.1. The van der Waals surface area contributed by atoms with Crippen molar-refractivity contribution in [2.24, 2.45) is 0 Å². The van der Waals surface area contributed by atoms with Crippen LogP contribution in [0.1, 0.15) is 30.5 Å². The number of amides is 1. The van der Waals surface area contributed by atoms with E-state index in [0.29, 0.717) is 13.0 Å². The molecule has 4 nitrogen and oxygen atoms in total. The molecule has 4 rings (SSSR count). The van der Waals surface area contributed by atoms with Crippen molar-refractivity contribution in [1.29, 1.82) is 0 Å². The van der Waals surface area contributed by atoms with Gasteiger partial charge in [-0.25, -0.2) is 0 Å². The number of hydrogen-bond acceptors (Lipinski definition) is 3. The van der Waals surface area contributed by atoms with Crippen LogP contribution in [0.3, 0.4) is 0 Å². The van der Waals surface area contributed by atoms with Crippen molar-refractivity contribution >= 4 is 11.6 Å².